The molecule has 0 spiro atoms. The highest BCUT2D eigenvalue weighted by Gasteiger charge is 2.23. The molecule has 0 fully saturated rings. The molecule has 6 heterocycles. The molecule has 0 aliphatic carbocycles. The third kappa shape index (κ3) is 4.24. The molecule has 2 aliphatic heterocycles. The van der Waals surface area contributed by atoms with E-state index in [1.165, 1.54) is 0 Å². The monoisotopic (exact) mass is 496 g/mol. The van der Waals surface area contributed by atoms with E-state index >= 15 is 0 Å². The fourth-order valence-corrected chi connectivity index (χ4v) is 5.29. The summed E-state index contributed by atoms with van der Waals surface area (Å²) < 4.78 is 0. The standard InChI is InChI=1S/C26H24N8OS/c1-2-22(35)32-16-10-15(12-27-13-16)19-11-17-20(14-31-19)28-7-8-30-23(17)26-33-18-5-6-29-25(24(18)34-26)21-4-3-9-36-21/h3,5-6,9-14,21,28H,2,4,7-8H2,1H3,(H,32,35)(H,33,34). The molecule has 1 unspecified atom stereocenters. The summed E-state index contributed by atoms with van der Waals surface area (Å²) in [5.41, 5.74) is 7.58. The normalized spacial score (nSPS) is 16.8. The third-order valence-electron chi connectivity index (χ3n) is 6.14. The summed E-state index contributed by atoms with van der Waals surface area (Å²) >= 11 is 1.78. The zero-order valence-corrected chi connectivity index (χ0v) is 20.5. The zero-order valence-electron chi connectivity index (χ0n) is 19.7. The highest BCUT2D eigenvalue weighted by Crippen LogP contribution is 2.39. The molecule has 0 bridgehead atoms. The number of aromatic nitrogens is 5. The Hall–Kier alpha value is -4.05. The number of hydrogen-bond acceptors (Lipinski definition) is 8. The Morgan fingerprint density at radius 1 is 1.22 bits per heavy atom. The minimum Gasteiger partial charge on any atom is -0.381 e. The van der Waals surface area contributed by atoms with Crippen LogP contribution in [0.4, 0.5) is 11.4 Å². The van der Waals surface area contributed by atoms with Gasteiger partial charge in [0, 0.05) is 36.5 Å². The number of thioether (sulfide) groups is 1. The molecule has 0 saturated carbocycles. The molecule has 36 heavy (non-hydrogen) atoms. The predicted octanol–water partition coefficient (Wildman–Crippen LogP) is 4.72. The lowest BCUT2D eigenvalue weighted by Crippen LogP contribution is -2.10. The van der Waals surface area contributed by atoms with Gasteiger partial charge in [-0.15, -0.1) is 11.8 Å². The second-order valence-electron chi connectivity index (χ2n) is 8.55. The van der Waals surface area contributed by atoms with Crippen molar-refractivity contribution < 1.29 is 4.79 Å². The van der Waals surface area contributed by atoms with E-state index in [2.05, 4.69) is 42.1 Å². The van der Waals surface area contributed by atoms with Crippen molar-refractivity contribution in [3.63, 3.8) is 0 Å². The van der Waals surface area contributed by atoms with Crippen LogP contribution in [0.3, 0.4) is 0 Å². The average Bonchev–Trinajstić information content (AvgIpc) is 3.55. The number of fused-ring (bicyclic) bond motifs is 2. The molecule has 180 valence electrons. The number of hydrogen-bond donors (Lipinski definition) is 3. The molecule has 9 nitrogen and oxygen atoms in total. The Balaban J connectivity index is 1.40. The molecule has 2 aliphatic rings. The number of carbonyl (C=O) groups excluding carboxylic acids is 1. The number of imidazole rings is 1. The van der Waals surface area contributed by atoms with E-state index in [1.54, 1.807) is 24.2 Å². The van der Waals surface area contributed by atoms with Gasteiger partial charge in [-0.1, -0.05) is 13.0 Å². The van der Waals surface area contributed by atoms with E-state index in [1.807, 2.05) is 37.5 Å². The van der Waals surface area contributed by atoms with Gasteiger partial charge in [-0.25, -0.2) is 4.98 Å². The molecule has 4 aromatic rings. The Labute approximate surface area is 212 Å². The summed E-state index contributed by atoms with van der Waals surface area (Å²) in [6, 6.07) is 5.83. The number of rotatable bonds is 5. The molecule has 10 heteroatoms. The fraction of sp³-hybridized carbons (Fsp3) is 0.231. The number of H-pyrrole nitrogens is 1. The van der Waals surface area contributed by atoms with Crippen molar-refractivity contribution in [2.24, 2.45) is 4.99 Å². The Morgan fingerprint density at radius 2 is 2.17 bits per heavy atom. The predicted molar refractivity (Wildman–Crippen MR) is 143 cm³/mol. The van der Waals surface area contributed by atoms with Crippen molar-refractivity contribution in [3.8, 4) is 11.3 Å². The number of amides is 1. The second-order valence-corrected chi connectivity index (χ2v) is 9.66. The smallest absolute Gasteiger partial charge is 0.224 e. The number of aliphatic imine (C=N–C) groups is 1. The molecule has 1 amide bonds. The Kier molecular flexibility index (Phi) is 5.94. The summed E-state index contributed by atoms with van der Waals surface area (Å²) in [6.45, 7) is 3.13. The van der Waals surface area contributed by atoms with Crippen LogP contribution in [0.1, 0.15) is 42.1 Å². The van der Waals surface area contributed by atoms with Gasteiger partial charge in [-0.05, 0) is 30.0 Å². The summed E-state index contributed by atoms with van der Waals surface area (Å²) in [7, 11) is 0. The highest BCUT2D eigenvalue weighted by atomic mass is 32.2. The third-order valence-corrected chi connectivity index (χ3v) is 7.24. The molecule has 3 N–H and O–H groups in total. The van der Waals surface area contributed by atoms with Gasteiger partial charge in [-0.2, -0.15) is 0 Å². The van der Waals surface area contributed by atoms with E-state index in [9.17, 15) is 4.79 Å². The molecule has 6 rings (SSSR count). The highest BCUT2D eigenvalue weighted by molar-refractivity contribution is 8.02. The summed E-state index contributed by atoms with van der Waals surface area (Å²) in [6.07, 6.45) is 10.6. The van der Waals surface area contributed by atoms with Crippen LogP contribution >= 0.6 is 11.8 Å². The van der Waals surface area contributed by atoms with Crippen molar-refractivity contribution in [1.82, 2.24) is 24.9 Å². The van der Waals surface area contributed by atoms with Gasteiger partial charge >= 0.3 is 0 Å². The topological polar surface area (TPSA) is 121 Å². The number of anilines is 2. The first-order valence-electron chi connectivity index (χ1n) is 11.9. The number of carbonyl (C=O) groups is 1. The largest absolute Gasteiger partial charge is 0.381 e. The van der Waals surface area contributed by atoms with Crippen molar-refractivity contribution in [1.29, 1.82) is 0 Å². The number of allylic oxidation sites excluding steroid dienone is 1. The van der Waals surface area contributed by atoms with Crippen LogP contribution in [-0.2, 0) is 4.79 Å². The van der Waals surface area contributed by atoms with E-state index in [0.717, 1.165) is 51.4 Å². The van der Waals surface area contributed by atoms with Crippen molar-refractivity contribution in [3.05, 3.63) is 71.6 Å². The lowest BCUT2D eigenvalue weighted by Gasteiger charge is -2.11. The van der Waals surface area contributed by atoms with Crippen molar-refractivity contribution >= 4 is 45.8 Å². The van der Waals surface area contributed by atoms with Crippen LogP contribution in [0.5, 0.6) is 0 Å². The number of nitrogens with one attached hydrogen (secondary N) is 3. The van der Waals surface area contributed by atoms with E-state index in [-0.39, 0.29) is 11.2 Å². The van der Waals surface area contributed by atoms with Gasteiger partial charge < -0.3 is 15.6 Å². The maximum atomic E-state index is 11.8. The number of aromatic amines is 1. The lowest BCUT2D eigenvalue weighted by molar-refractivity contribution is -0.115. The summed E-state index contributed by atoms with van der Waals surface area (Å²) in [4.78, 5) is 38.8. The van der Waals surface area contributed by atoms with Gasteiger partial charge in [0.05, 0.1) is 52.5 Å². The first-order chi connectivity index (χ1) is 17.7. The minimum absolute atomic E-state index is 0.0620. The fourth-order valence-electron chi connectivity index (χ4n) is 4.36. The van der Waals surface area contributed by atoms with Crippen LogP contribution < -0.4 is 10.6 Å². The van der Waals surface area contributed by atoms with Gasteiger partial charge in [0.15, 0.2) is 5.82 Å². The quantitative estimate of drug-likeness (QED) is 0.366. The van der Waals surface area contributed by atoms with Crippen LogP contribution in [0.25, 0.3) is 22.3 Å². The van der Waals surface area contributed by atoms with Gasteiger partial charge in [0.2, 0.25) is 5.91 Å². The van der Waals surface area contributed by atoms with Crippen LogP contribution in [-0.4, -0.2) is 49.6 Å². The van der Waals surface area contributed by atoms with E-state index in [4.69, 9.17) is 9.98 Å². The lowest BCUT2D eigenvalue weighted by atomic mass is 10.0. The van der Waals surface area contributed by atoms with Gasteiger partial charge in [-0.3, -0.25) is 24.7 Å². The first-order valence-corrected chi connectivity index (χ1v) is 12.8. The van der Waals surface area contributed by atoms with E-state index in [0.29, 0.717) is 31.0 Å². The minimum atomic E-state index is -0.0620. The molecular formula is C26H24N8OS. The maximum absolute atomic E-state index is 11.8. The van der Waals surface area contributed by atoms with Crippen molar-refractivity contribution in [2.75, 3.05) is 23.7 Å². The number of nitrogens with zero attached hydrogens (tertiary/aromatic N) is 5. The molecule has 4 aromatic heterocycles. The maximum Gasteiger partial charge on any atom is 0.224 e. The van der Waals surface area contributed by atoms with Gasteiger partial charge in [0.1, 0.15) is 11.2 Å². The van der Waals surface area contributed by atoms with Crippen LogP contribution in [0.2, 0.25) is 0 Å². The van der Waals surface area contributed by atoms with Crippen molar-refractivity contribution in [2.45, 2.75) is 25.0 Å². The van der Waals surface area contributed by atoms with Crippen LogP contribution in [0, 0.1) is 0 Å². The number of pyridine rings is 3. The summed E-state index contributed by atoms with van der Waals surface area (Å²) in [5, 5.41) is 8.69. The Bertz CT molecular complexity index is 1520. The molecular weight excluding hydrogens is 472 g/mol. The molecule has 1 atom stereocenters. The molecule has 0 radical (unpaired) electrons. The van der Waals surface area contributed by atoms with Crippen LogP contribution in [0.15, 0.2) is 59.5 Å². The zero-order chi connectivity index (χ0) is 24.5. The Morgan fingerprint density at radius 3 is 3.03 bits per heavy atom. The average molecular weight is 497 g/mol. The molecule has 0 aromatic carbocycles. The van der Waals surface area contributed by atoms with Gasteiger partial charge in [0.25, 0.3) is 0 Å². The van der Waals surface area contributed by atoms with E-state index < -0.39 is 0 Å². The second kappa shape index (κ2) is 9.54. The first kappa shape index (κ1) is 22.4. The summed E-state index contributed by atoms with van der Waals surface area (Å²) in [5.74, 6) is 0.646. The SMILES string of the molecule is CCC(=O)Nc1cncc(-c2cc3c(cn2)NCCN=C3c2nc3c(C4CC=CS4)nccc3[nH]2)c1. The molecule has 0 saturated heterocycles.